The number of benzene rings is 2. The van der Waals surface area contributed by atoms with Gasteiger partial charge in [0.25, 0.3) is 0 Å². The summed E-state index contributed by atoms with van der Waals surface area (Å²) < 4.78 is 16.8. The lowest BCUT2D eigenvalue weighted by Gasteiger charge is -2.36. The Labute approximate surface area is 178 Å². The highest BCUT2D eigenvalue weighted by Gasteiger charge is 2.35. The number of fused-ring (bicyclic) bond motifs is 1. The van der Waals surface area contributed by atoms with E-state index in [0.29, 0.717) is 13.3 Å². The van der Waals surface area contributed by atoms with Gasteiger partial charge < -0.3 is 24.8 Å². The highest BCUT2D eigenvalue weighted by molar-refractivity contribution is 5.79. The van der Waals surface area contributed by atoms with Gasteiger partial charge in [0.05, 0.1) is 6.54 Å². The predicted octanol–water partition coefficient (Wildman–Crippen LogP) is 3.26. The van der Waals surface area contributed by atoms with Crippen molar-refractivity contribution >= 4 is 5.96 Å². The van der Waals surface area contributed by atoms with Crippen molar-refractivity contribution in [3.63, 3.8) is 0 Å². The maximum atomic E-state index is 5.67. The number of rotatable bonds is 7. The van der Waals surface area contributed by atoms with Gasteiger partial charge in [0.15, 0.2) is 17.5 Å². The van der Waals surface area contributed by atoms with Crippen LogP contribution in [0, 0.1) is 0 Å². The van der Waals surface area contributed by atoms with Crippen molar-refractivity contribution < 1.29 is 14.2 Å². The number of hydrogen-bond donors (Lipinski definition) is 2. The van der Waals surface area contributed by atoms with Gasteiger partial charge in [-0.2, -0.15) is 0 Å². The summed E-state index contributed by atoms with van der Waals surface area (Å²) in [5, 5.41) is 6.86. The number of ether oxygens (including phenoxy) is 3. The monoisotopic (exact) mass is 409 g/mol. The molecule has 4 rings (SSSR count). The minimum absolute atomic E-state index is 0.0546. The van der Waals surface area contributed by atoms with E-state index in [9.17, 15) is 0 Å². The van der Waals surface area contributed by atoms with Crippen molar-refractivity contribution in [2.24, 2.45) is 4.99 Å². The van der Waals surface area contributed by atoms with Gasteiger partial charge in [-0.05, 0) is 49.4 Å². The fourth-order valence-corrected chi connectivity index (χ4v) is 4.07. The molecule has 0 amide bonds. The molecule has 2 aliphatic heterocycles. The summed E-state index contributed by atoms with van der Waals surface area (Å²) in [6, 6.07) is 16.8. The standard InChI is InChI=1S/C24H31N3O3/c1-2-25-23(26-13-10-19-6-4-3-5-7-19)27-17-24(11-14-28-15-12-24)20-8-9-21-22(16-20)30-18-29-21/h3-9,16H,2,10-15,17-18H2,1H3,(H2,25,26,27). The molecule has 2 aromatic rings. The third-order valence-corrected chi connectivity index (χ3v) is 5.87. The summed E-state index contributed by atoms with van der Waals surface area (Å²) >= 11 is 0. The molecule has 0 unspecified atom stereocenters. The quantitative estimate of drug-likeness (QED) is 0.543. The average molecular weight is 410 g/mol. The van der Waals surface area contributed by atoms with Crippen molar-refractivity contribution in [1.82, 2.24) is 10.6 Å². The van der Waals surface area contributed by atoms with Crippen LogP contribution >= 0.6 is 0 Å². The van der Waals surface area contributed by atoms with Gasteiger partial charge in [0, 0.05) is 31.7 Å². The Morgan fingerprint density at radius 2 is 1.80 bits per heavy atom. The van der Waals surface area contributed by atoms with Gasteiger partial charge in [-0.3, -0.25) is 4.99 Å². The largest absolute Gasteiger partial charge is 0.454 e. The van der Waals surface area contributed by atoms with Gasteiger partial charge in [-0.25, -0.2) is 0 Å². The highest BCUT2D eigenvalue weighted by Crippen LogP contribution is 2.41. The smallest absolute Gasteiger partial charge is 0.231 e. The zero-order valence-electron chi connectivity index (χ0n) is 17.7. The Morgan fingerprint density at radius 1 is 1.00 bits per heavy atom. The molecule has 0 atom stereocenters. The van der Waals surface area contributed by atoms with E-state index in [-0.39, 0.29) is 5.41 Å². The van der Waals surface area contributed by atoms with Gasteiger partial charge in [-0.15, -0.1) is 0 Å². The predicted molar refractivity (Wildman–Crippen MR) is 118 cm³/mol. The van der Waals surface area contributed by atoms with Crippen molar-refractivity contribution in [3.8, 4) is 11.5 Å². The third kappa shape index (κ3) is 4.87. The molecule has 0 aliphatic carbocycles. The first-order valence-corrected chi connectivity index (χ1v) is 10.8. The van der Waals surface area contributed by atoms with Crippen LogP contribution in [0.3, 0.4) is 0 Å². The molecular formula is C24H31N3O3. The molecule has 2 heterocycles. The maximum Gasteiger partial charge on any atom is 0.231 e. The Kier molecular flexibility index (Phi) is 6.74. The lowest BCUT2D eigenvalue weighted by molar-refractivity contribution is 0.0530. The van der Waals surface area contributed by atoms with E-state index >= 15 is 0 Å². The van der Waals surface area contributed by atoms with Crippen LogP contribution < -0.4 is 20.1 Å². The Morgan fingerprint density at radius 3 is 2.60 bits per heavy atom. The van der Waals surface area contributed by atoms with Gasteiger partial charge in [0.1, 0.15) is 0 Å². The third-order valence-electron chi connectivity index (χ3n) is 5.87. The molecule has 160 valence electrons. The number of nitrogens with one attached hydrogen (secondary N) is 2. The molecule has 0 aromatic heterocycles. The van der Waals surface area contributed by atoms with Crippen molar-refractivity contribution in [2.45, 2.75) is 31.6 Å². The topological polar surface area (TPSA) is 64.1 Å². The van der Waals surface area contributed by atoms with E-state index in [1.807, 2.05) is 12.1 Å². The molecule has 0 spiro atoms. The number of nitrogens with zero attached hydrogens (tertiary/aromatic N) is 1. The van der Waals surface area contributed by atoms with Crippen molar-refractivity contribution in [3.05, 3.63) is 59.7 Å². The van der Waals surface area contributed by atoms with Gasteiger partial charge in [0.2, 0.25) is 6.79 Å². The first kappa shape index (κ1) is 20.5. The van der Waals surface area contributed by atoms with E-state index in [0.717, 1.165) is 63.0 Å². The first-order chi connectivity index (χ1) is 14.8. The molecule has 30 heavy (non-hydrogen) atoms. The minimum Gasteiger partial charge on any atom is -0.454 e. The van der Waals surface area contributed by atoms with E-state index in [2.05, 4.69) is 54.0 Å². The van der Waals surface area contributed by atoms with E-state index < -0.39 is 0 Å². The maximum absolute atomic E-state index is 5.67. The molecule has 6 nitrogen and oxygen atoms in total. The second-order valence-corrected chi connectivity index (χ2v) is 7.82. The molecule has 0 bridgehead atoms. The SMILES string of the molecule is CCNC(=NCC1(c2ccc3c(c2)OCO3)CCOCC1)NCCc1ccccc1. The molecule has 0 radical (unpaired) electrons. The van der Waals surface area contributed by atoms with Crippen LogP contribution in [0.25, 0.3) is 0 Å². The van der Waals surface area contributed by atoms with E-state index in [1.165, 1.54) is 11.1 Å². The van der Waals surface area contributed by atoms with E-state index in [4.69, 9.17) is 19.2 Å². The number of guanidine groups is 1. The molecular weight excluding hydrogens is 378 g/mol. The van der Waals surface area contributed by atoms with Crippen LogP contribution in [0.15, 0.2) is 53.5 Å². The van der Waals surface area contributed by atoms with Crippen LogP contribution in [0.2, 0.25) is 0 Å². The van der Waals surface area contributed by atoms with Gasteiger partial charge >= 0.3 is 0 Å². The minimum atomic E-state index is -0.0546. The first-order valence-electron chi connectivity index (χ1n) is 10.8. The number of aliphatic imine (C=N–C) groups is 1. The second kappa shape index (κ2) is 9.85. The Hall–Kier alpha value is -2.73. The van der Waals surface area contributed by atoms with Crippen LogP contribution in [0.4, 0.5) is 0 Å². The Bertz CT molecular complexity index is 848. The molecule has 1 fully saturated rings. The summed E-state index contributed by atoms with van der Waals surface area (Å²) in [5.41, 5.74) is 2.52. The molecule has 6 heteroatoms. The molecule has 0 saturated carbocycles. The zero-order valence-corrected chi connectivity index (χ0v) is 17.7. The normalized spacial score (nSPS) is 17.6. The van der Waals surface area contributed by atoms with Gasteiger partial charge in [-0.1, -0.05) is 36.4 Å². The average Bonchev–Trinajstić information content (AvgIpc) is 3.27. The summed E-state index contributed by atoms with van der Waals surface area (Å²) in [7, 11) is 0. The van der Waals surface area contributed by atoms with Crippen LogP contribution in [-0.4, -0.2) is 45.6 Å². The summed E-state index contributed by atoms with van der Waals surface area (Å²) in [6.07, 6.45) is 2.85. The van der Waals surface area contributed by atoms with Crippen molar-refractivity contribution in [2.75, 3.05) is 39.6 Å². The molecule has 2 N–H and O–H groups in total. The number of hydrogen-bond acceptors (Lipinski definition) is 4. The van der Waals surface area contributed by atoms with Crippen LogP contribution in [0.1, 0.15) is 30.9 Å². The molecule has 1 saturated heterocycles. The zero-order chi connectivity index (χ0) is 20.7. The molecule has 2 aliphatic rings. The van der Waals surface area contributed by atoms with E-state index in [1.54, 1.807) is 0 Å². The second-order valence-electron chi connectivity index (χ2n) is 7.82. The fourth-order valence-electron chi connectivity index (χ4n) is 4.07. The summed E-state index contributed by atoms with van der Waals surface area (Å²) in [5.74, 6) is 2.51. The summed E-state index contributed by atoms with van der Waals surface area (Å²) in [6.45, 7) is 6.27. The fraction of sp³-hybridized carbons (Fsp3) is 0.458. The van der Waals surface area contributed by atoms with Crippen LogP contribution in [0.5, 0.6) is 11.5 Å². The highest BCUT2D eigenvalue weighted by atomic mass is 16.7. The lowest BCUT2D eigenvalue weighted by Crippen LogP contribution is -2.41. The summed E-state index contributed by atoms with van der Waals surface area (Å²) in [4.78, 5) is 4.98. The lowest BCUT2D eigenvalue weighted by atomic mass is 9.74. The molecule has 2 aromatic carbocycles. The van der Waals surface area contributed by atoms with Crippen molar-refractivity contribution in [1.29, 1.82) is 0 Å². The van der Waals surface area contributed by atoms with Crippen LogP contribution in [-0.2, 0) is 16.6 Å². The Balaban J connectivity index is 1.47.